The van der Waals surface area contributed by atoms with E-state index >= 15 is 0 Å². The van der Waals surface area contributed by atoms with Gasteiger partial charge in [-0.3, -0.25) is 9.36 Å². The predicted molar refractivity (Wildman–Crippen MR) is 79.7 cm³/mol. The molecular formula is C15H19N3O2. The molecule has 0 fully saturated rings. The molecule has 5 nitrogen and oxygen atoms in total. The third-order valence-electron chi connectivity index (χ3n) is 3.30. The van der Waals surface area contributed by atoms with E-state index in [4.69, 9.17) is 5.73 Å². The van der Waals surface area contributed by atoms with E-state index in [2.05, 4.69) is 12.1 Å². The zero-order valence-corrected chi connectivity index (χ0v) is 11.6. The van der Waals surface area contributed by atoms with E-state index in [0.29, 0.717) is 6.54 Å². The van der Waals surface area contributed by atoms with Crippen molar-refractivity contribution in [3.05, 3.63) is 62.9 Å². The van der Waals surface area contributed by atoms with Gasteiger partial charge in [-0.25, -0.2) is 4.79 Å². The lowest BCUT2D eigenvalue weighted by Gasteiger charge is -2.08. The van der Waals surface area contributed by atoms with Crippen LogP contribution in [0.5, 0.6) is 0 Å². The molecule has 1 heterocycles. The lowest BCUT2D eigenvalue weighted by Crippen LogP contribution is -2.39. The van der Waals surface area contributed by atoms with Crippen LogP contribution >= 0.6 is 0 Å². The molecule has 0 atom stereocenters. The van der Waals surface area contributed by atoms with Gasteiger partial charge in [-0.15, -0.1) is 0 Å². The van der Waals surface area contributed by atoms with E-state index in [1.54, 1.807) is 7.05 Å². The van der Waals surface area contributed by atoms with Crippen LogP contribution in [0.2, 0.25) is 0 Å². The van der Waals surface area contributed by atoms with E-state index in [-0.39, 0.29) is 11.4 Å². The van der Waals surface area contributed by atoms with Gasteiger partial charge in [0.2, 0.25) is 0 Å². The summed E-state index contributed by atoms with van der Waals surface area (Å²) in [5.41, 5.74) is 6.25. The quantitative estimate of drug-likeness (QED) is 0.831. The Balaban J connectivity index is 1.98. The Labute approximate surface area is 117 Å². The highest BCUT2D eigenvalue weighted by Crippen LogP contribution is 2.04. The molecule has 0 aliphatic heterocycles. The maximum Gasteiger partial charge on any atom is 0.330 e. The second-order valence-electron chi connectivity index (χ2n) is 4.88. The first-order chi connectivity index (χ1) is 9.59. The normalized spacial score (nSPS) is 10.7. The first-order valence-corrected chi connectivity index (χ1v) is 6.69. The molecule has 0 amide bonds. The second kappa shape index (κ2) is 6.23. The molecule has 2 N–H and O–H groups in total. The second-order valence-corrected chi connectivity index (χ2v) is 4.88. The van der Waals surface area contributed by atoms with Gasteiger partial charge in [0.25, 0.3) is 5.56 Å². The van der Waals surface area contributed by atoms with Crippen molar-refractivity contribution in [2.75, 3.05) is 5.73 Å². The van der Waals surface area contributed by atoms with Crippen LogP contribution in [0.15, 0.2) is 46.1 Å². The van der Waals surface area contributed by atoms with Gasteiger partial charge in [0, 0.05) is 19.8 Å². The van der Waals surface area contributed by atoms with Crippen molar-refractivity contribution in [3.8, 4) is 0 Å². The van der Waals surface area contributed by atoms with Gasteiger partial charge in [-0.05, 0) is 24.8 Å². The minimum absolute atomic E-state index is 0.107. The van der Waals surface area contributed by atoms with E-state index < -0.39 is 5.56 Å². The van der Waals surface area contributed by atoms with Crippen LogP contribution < -0.4 is 17.0 Å². The summed E-state index contributed by atoms with van der Waals surface area (Å²) in [4.78, 5) is 23.7. The van der Waals surface area contributed by atoms with Crippen molar-refractivity contribution >= 4 is 5.69 Å². The average Bonchev–Trinajstić information content (AvgIpc) is 2.45. The molecule has 0 aliphatic carbocycles. The highest BCUT2D eigenvalue weighted by molar-refractivity contribution is 5.30. The fourth-order valence-electron chi connectivity index (χ4n) is 2.19. The van der Waals surface area contributed by atoms with Gasteiger partial charge in [0.1, 0.15) is 5.69 Å². The summed E-state index contributed by atoms with van der Waals surface area (Å²) in [6.45, 7) is 0.406. The van der Waals surface area contributed by atoms with Gasteiger partial charge in [0.05, 0.1) is 0 Å². The molecule has 0 spiro atoms. The SMILES string of the molecule is Cn1cc(N)c(=O)n(CCCCc2ccccc2)c1=O. The fourth-order valence-corrected chi connectivity index (χ4v) is 2.19. The van der Waals surface area contributed by atoms with Gasteiger partial charge in [-0.2, -0.15) is 0 Å². The standard InChI is InChI=1S/C15H19N3O2/c1-17-11-13(16)14(19)18(15(17)20)10-6-5-9-12-7-3-2-4-8-12/h2-4,7-8,11H,5-6,9-10,16H2,1H3. The summed E-state index contributed by atoms with van der Waals surface area (Å²) in [6, 6.07) is 10.2. The Morgan fingerprint density at radius 2 is 1.80 bits per heavy atom. The van der Waals surface area contributed by atoms with Crippen LogP contribution in [0.4, 0.5) is 5.69 Å². The number of hydrogen-bond acceptors (Lipinski definition) is 3. The maximum atomic E-state index is 11.9. The Kier molecular flexibility index (Phi) is 4.40. The number of nitrogens with zero attached hydrogens (tertiary/aromatic N) is 2. The van der Waals surface area contributed by atoms with Crippen LogP contribution in [0.25, 0.3) is 0 Å². The molecule has 0 radical (unpaired) electrons. The Morgan fingerprint density at radius 3 is 2.50 bits per heavy atom. The van der Waals surface area contributed by atoms with Crippen molar-refractivity contribution in [2.24, 2.45) is 7.05 Å². The predicted octanol–water partition coefficient (Wildman–Crippen LogP) is 1.15. The van der Waals surface area contributed by atoms with Gasteiger partial charge in [0.15, 0.2) is 0 Å². The number of nitrogens with two attached hydrogens (primary N) is 1. The molecule has 0 unspecified atom stereocenters. The minimum atomic E-state index is -0.396. The van der Waals surface area contributed by atoms with Crippen molar-refractivity contribution < 1.29 is 0 Å². The van der Waals surface area contributed by atoms with Crippen LogP contribution in [0, 0.1) is 0 Å². The number of aromatic nitrogens is 2. The molecule has 2 aromatic rings. The summed E-state index contributed by atoms with van der Waals surface area (Å²) in [6.07, 6.45) is 4.01. The topological polar surface area (TPSA) is 70.0 Å². The molecule has 2 rings (SSSR count). The summed E-state index contributed by atoms with van der Waals surface area (Å²) >= 11 is 0. The van der Waals surface area contributed by atoms with E-state index in [0.717, 1.165) is 19.3 Å². The highest BCUT2D eigenvalue weighted by Gasteiger charge is 2.06. The molecule has 0 bridgehead atoms. The first kappa shape index (κ1) is 14.1. The largest absolute Gasteiger partial charge is 0.393 e. The molecule has 0 saturated carbocycles. The van der Waals surface area contributed by atoms with Crippen molar-refractivity contribution in [3.63, 3.8) is 0 Å². The van der Waals surface area contributed by atoms with E-state index in [1.165, 1.54) is 20.9 Å². The lowest BCUT2D eigenvalue weighted by molar-refractivity contribution is 0.548. The summed E-state index contributed by atoms with van der Waals surface area (Å²) in [5.74, 6) is 0. The zero-order chi connectivity index (χ0) is 14.5. The van der Waals surface area contributed by atoms with Crippen LogP contribution in [-0.4, -0.2) is 9.13 Å². The number of anilines is 1. The smallest absolute Gasteiger partial charge is 0.330 e. The number of rotatable bonds is 5. The van der Waals surface area contributed by atoms with Crippen molar-refractivity contribution in [1.29, 1.82) is 0 Å². The molecular weight excluding hydrogens is 254 g/mol. The minimum Gasteiger partial charge on any atom is -0.393 e. The molecule has 106 valence electrons. The third-order valence-corrected chi connectivity index (χ3v) is 3.30. The summed E-state index contributed by atoms with van der Waals surface area (Å²) in [7, 11) is 1.60. The van der Waals surface area contributed by atoms with Crippen molar-refractivity contribution in [2.45, 2.75) is 25.8 Å². The van der Waals surface area contributed by atoms with Gasteiger partial charge < -0.3 is 10.3 Å². The van der Waals surface area contributed by atoms with Gasteiger partial charge in [-0.1, -0.05) is 30.3 Å². The van der Waals surface area contributed by atoms with Crippen LogP contribution in [-0.2, 0) is 20.0 Å². The van der Waals surface area contributed by atoms with Gasteiger partial charge >= 0.3 is 5.69 Å². The number of nitrogen functional groups attached to an aromatic ring is 1. The molecule has 0 saturated heterocycles. The Morgan fingerprint density at radius 1 is 1.10 bits per heavy atom. The van der Waals surface area contributed by atoms with Crippen molar-refractivity contribution in [1.82, 2.24) is 9.13 Å². The fraction of sp³-hybridized carbons (Fsp3) is 0.333. The van der Waals surface area contributed by atoms with Crippen LogP contribution in [0.3, 0.4) is 0 Å². The molecule has 1 aromatic carbocycles. The monoisotopic (exact) mass is 273 g/mol. The van der Waals surface area contributed by atoms with E-state index in [9.17, 15) is 9.59 Å². The Bertz CT molecular complexity index is 652. The number of unbranched alkanes of at least 4 members (excludes halogenated alkanes) is 1. The number of aryl methyl sites for hydroxylation is 2. The third kappa shape index (κ3) is 3.17. The molecule has 0 aliphatic rings. The lowest BCUT2D eigenvalue weighted by atomic mass is 10.1. The maximum absolute atomic E-state index is 11.9. The summed E-state index contributed by atoms with van der Waals surface area (Å²) in [5, 5.41) is 0. The van der Waals surface area contributed by atoms with Crippen LogP contribution in [0.1, 0.15) is 18.4 Å². The average molecular weight is 273 g/mol. The number of hydrogen-bond donors (Lipinski definition) is 1. The summed E-state index contributed by atoms with van der Waals surface area (Å²) < 4.78 is 2.55. The first-order valence-electron chi connectivity index (χ1n) is 6.69. The number of benzene rings is 1. The van der Waals surface area contributed by atoms with E-state index in [1.807, 2.05) is 18.2 Å². The Hall–Kier alpha value is -2.30. The zero-order valence-electron chi connectivity index (χ0n) is 11.6. The molecule has 1 aromatic heterocycles. The molecule has 5 heteroatoms. The molecule has 20 heavy (non-hydrogen) atoms. The highest BCUT2D eigenvalue weighted by atomic mass is 16.2.